The van der Waals surface area contributed by atoms with Gasteiger partial charge in [0.2, 0.25) is 0 Å². The van der Waals surface area contributed by atoms with Crippen molar-refractivity contribution in [2.75, 3.05) is 0 Å². The molecule has 0 saturated carbocycles. The summed E-state index contributed by atoms with van der Waals surface area (Å²) in [6.45, 7) is 1.44. The molecule has 106 valence electrons. The second-order valence-electron chi connectivity index (χ2n) is 4.04. The van der Waals surface area contributed by atoms with Gasteiger partial charge in [-0.25, -0.2) is 9.37 Å². The van der Waals surface area contributed by atoms with Crippen LogP contribution in [0.3, 0.4) is 0 Å². The van der Waals surface area contributed by atoms with E-state index in [1.54, 1.807) is 0 Å². The van der Waals surface area contributed by atoms with Crippen molar-refractivity contribution in [3.63, 3.8) is 0 Å². The largest absolute Gasteiger partial charge is 0.416 e. The first kappa shape index (κ1) is 14.5. The molecule has 2 aromatic rings. The Bertz CT molecular complexity index is 724. The lowest BCUT2D eigenvalue weighted by Gasteiger charge is -2.10. The van der Waals surface area contributed by atoms with Crippen LogP contribution in [0.1, 0.15) is 11.4 Å². The highest BCUT2D eigenvalue weighted by molar-refractivity contribution is 6.32. The Morgan fingerprint density at radius 2 is 1.90 bits per heavy atom. The molecule has 0 aliphatic rings. The number of H-pyrrole nitrogens is 1. The highest BCUT2D eigenvalue weighted by Crippen LogP contribution is 2.33. The average molecular weight is 307 g/mol. The zero-order valence-electron chi connectivity index (χ0n) is 9.98. The van der Waals surface area contributed by atoms with Crippen LogP contribution >= 0.6 is 11.6 Å². The van der Waals surface area contributed by atoms with E-state index in [1.807, 2.05) is 0 Å². The van der Waals surface area contributed by atoms with E-state index in [0.29, 0.717) is 12.1 Å². The maximum Gasteiger partial charge on any atom is 0.416 e. The van der Waals surface area contributed by atoms with Crippen molar-refractivity contribution in [2.45, 2.75) is 13.1 Å². The summed E-state index contributed by atoms with van der Waals surface area (Å²) in [6.07, 6.45) is -4.71. The van der Waals surface area contributed by atoms with Crippen LogP contribution in [0.4, 0.5) is 17.6 Å². The Morgan fingerprint density at radius 1 is 1.25 bits per heavy atom. The van der Waals surface area contributed by atoms with Crippen molar-refractivity contribution in [2.24, 2.45) is 0 Å². The van der Waals surface area contributed by atoms with E-state index in [4.69, 9.17) is 11.6 Å². The number of aryl methyl sites for hydroxylation is 1. The minimum Gasteiger partial charge on any atom is -0.309 e. The van der Waals surface area contributed by atoms with Crippen LogP contribution in [0.2, 0.25) is 5.02 Å². The van der Waals surface area contributed by atoms with Gasteiger partial charge in [-0.15, -0.1) is 0 Å². The molecule has 0 fully saturated rings. The third-order valence-corrected chi connectivity index (χ3v) is 2.83. The van der Waals surface area contributed by atoms with E-state index >= 15 is 0 Å². The van der Waals surface area contributed by atoms with Crippen LogP contribution in [0.25, 0.3) is 11.3 Å². The molecule has 0 bridgehead atoms. The van der Waals surface area contributed by atoms with Gasteiger partial charge in [0, 0.05) is 5.56 Å². The van der Waals surface area contributed by atoms with E-state index < -0.39 is 28.1 Å². The quantitative estimate of drug-likeness (QED) is 0.819. The predicted molar refractivity (Wildman–Crippen MR) is 65.0 cm³/mol. The summed E-state index contributed by atoms with van der Waals surface area (Å²) < 4.78 is 51.2. The normalized spacial score (nSPS) is 11.7. The third-order valence-electron chi connectivity index (χ3n) is 2.48. The van der Waals surface area contributed by atoms with Crippen molar-refractivity contribution >= 4 is 11.6 Å². The molecule has 2 rings (SSSR count). The number of nitrogens with zero attached hydrogens (tertiary/aromatic N) is 1. The molecule has 0 unspecified atom stereocenters. The summed E-state index contributed by atoms with van der Waals surface area (Å²) in [4.78, 5) is 17.6. The van der Waals surface area contributed by atoms with Gasteiger partial charge in [0.05, 0.1) is 11.3 Å². The lowest BCUT2D eigenvalue weighted by molar-refractivity contribution is -0.137. The number of rotatable bonds is 1. The number of aromatic nitrogens is 2. The van der Waals surface area contributed by atoms with Gasteiger partial charge in [-0.1, -0.05) is 11.6 Å². The molecular formula is C12H7ClF4N2O. The first-order valence-corrected chi connectivity index (χ1v) is 5.71. The lowest BCUT2D eigenvalue weighted by atomic mass is 10.1. The van der Waals surface area contributed by atoms with Gasteiger partial charge in [-0.05, 0) is 25.1 Å². The van der Waals surface area contributed by atoms with Crippen molar-refractivity contribution in [3.8, 4) is 11.3 Å². The zero-order chi connectivity index (χ0) is 15.1. The summed E-state index contributed by atoms with van der Waals surface area (Å²) in [7, 11) is 0. The van der Waals surface area contributed by atoms with Crippen LogP contribution < -0.4 is 5.56 Å². The van der Waals surface area contributed by atoms with Crippen LogP contribution in [0.15, 0.2) is 23.0 Å². The first-order chi connectivity index (χ1) is 9.18. The molecular weight excluding hydrogens is 300 g/mol. The number of halogens is 5. The maximum atomic E-state index is 13.3. The van der Waals surface area contributed by atoms with E-state index in [2.05, 4.69) is 9.97 Å². The SMILES string of the molecule is Cc1nc(-c2cc(F)cc(C(F)(F)F)c2)c(Cl)c(=O)[nH]1. The average Bonchev–Trinajstić information content (AvgIpc) is 2.32. The van der Waals surface area contributed by atoms with Gasteiger partial charge in [-0.2, -0.15) is 13.2 Å². The molecule has 0 atom stereocenters. The predicted octanol–water partition coefficient (Wildman–Crippen LogP) is 3.56. The molecule has 1 N–H and O–H groups in total. The Kier molecular flexibility index (Phi) is 3.56. The summed E-state index contributed by atoms with van der Waals surface area (Å²) in [6, 6.07) is 1.88. The molecule has 3 nitrogen and oxygen atoms in total. The summed E-state index contributed by atoms with van der Waals surface area (Å²) >= 11 is 5.71. The maximum absolute atomic E-state index is 13.3. The standard InChI is InChI=1S/C12H7ClF4N2O/c1-5-18-10(9(13)11(20)19-5)6-2-7(12(15,16)17)4-8(14)3-6/h2-4H,1H3,(H,18,19,20). The number of aromatic amines is 1. The number of alkyl halides is 3. The molecule has 0 aliphatic heterocycles. The molecule has 0 radical (unpaired) electrons. The fourth-order valence-electron chi connectivity index (χ4n) is 1.65. The minimum atomic E-state index is -4.71. The first-order valence-electron chi connectivity index (χ1n) is 5.33. The molecule has 1 heterocycles. The van der Waals surface area contributed by atoms with Gasteiger partial charge in [0.1, 0.15) is 16.7 Å². The molecule has 0 saturated heterocycles. The van der Waals surface area contributed by atoms with Gasteiger partial charge < -0.3 is 4.98 Å². The lowest BCUT2D eigenvalue weighted by Crippen LogP contribution is -2.12. The van der Waals surface area contributed by atoms with Crippen LogP contribution in [-0.2, 0) is 6.18 Å². The molecule has 8 heteroatoms. The highest BCUT2D eigenvalue weighted by atomic mass is 35.5. The summed E-state index contributed by atoms with van der Waals surface area (Å²) in [5, 5.41) is -0.394. The van der Waals surface area contributed by atoms with Crippen molar-refractivity contribution in [1.82, 2.24) is 9.97 Å². The molecule has 20 heavy (non-hydrogen) atoms. The second kappa shape index (κ2) is 4.90. The third kappa shape index (κ3) is 2.82. The molecule has 1 aromatic heterocycles. The van der Waals surface area contributed by atoms with Crippen LogP contribution in [0, 0.1) is 12.7 Å². The van der Waals surface area contributed by atoms with Crippen LogP contribution in [-0.4, -0.2) is 9.97 Å². The van der Waals surface area contributed by atoms with E-state index in [0.717, 1.165) is 6.07 Å². The molecule has 1 aromatic carbocycles. The Morgan fingerprint density at radius 3 is 2.50 bits per heavy atom. The van der Waals surface area contributed by atoms with Crippen molar-refractivity contribution in [1.29, 1.82) is 0 Å². The minimum absolute atomic E-state index is 0.159. The van der Waals surface area contributed by atoms with Crippen molar-refractivity contribution < 1.29 is 17.6 Å². The van der Waals surface area contributed by atoms with Gasteiger partial charge in [0.15, 0.2) is 0 Å². The topological polar surface area (TPSA) is 45.8 Å². The molecule has 0 aliphatic carbocycles. The zero-order valence-corrected chi connectivity index (χ0v) is 10.7. The summed E-state index contributed by atoms with van der Waals surface area (Å²) in [5.41, 5.74) is -2.29. The second-order valence-corrected chi connectivity index (χ2v) is 4.42. The molecule has 0 amide bonds. The van der Waals surface area contributed by atoms with E-state index in [-0.39, 0.29) is 17.1 Å². The van der Waals surface area contributed by atoms with E-state index in [9.17, 15) is 22.4 Å². The number of benzene rings is 1. The number of hydrogen-bond donors (Lipinski definition) is 1. The van der Waals surface area contributed by atoms with Crippen LogP contribution in [0.5, 0.6) is 0 Å². The Hall–Kier alpha value is -1.89. The fourth-order valence-corrected chi connectivity index (χ4v) is 1.85. The smallest absolute Gasteiger partial charge is 0.309 e. The summed E-state index contributed by atoms with van der Waals surface area (Å²) in [5.74, 6) is -0.933. The Balaban J connectivity index is 2.71. The highest BCUT2D eigenvalue weighted by Gasteiger charge is 2.31. The number of hydrogen-bond acceptors (Lipinski definition) is 2. The number of nitrogens with one attached hydrogen (secondary N) is 1. The van der Waals surface area contributed by atoms with E-state index in [1.165, 1.54) is 6.92 Å². The van der Waals surface area contributed by atoms with Gasteiger partial charge >= 0.3 is 6.18 Å². The Labute approximate surface area is 115 Å². The molecule has 0 spiro atoms. The van der Waals surface area contributed by atoms with Gasteiger partial charge in [-0.3, -0.25) is 4.79 Å². The van der Waals surface area contributed by atoms with Crippen molar-refractivity contribution in [3.05, 3.63) is 50.8 Å². The fraction of sp³-hybridized carbons (Fsp3) is 0.167. The monoisotopic (exact) mass is 306 g/mol. The van der Waals surface area contributed by atoms with Gasteiger partial charge in [0.25, 0.3) is 5.56 Å².